The molecule has 21 heavy (non-hydrogen) atoms. The molecule has 0 radical (unpaired) electrons. The molecule has 1 aliphatic carbocycles. The number of hydrogen-bond donors (Lipinski definition) is 0. The molecule has 114 valence electrons. The first-order valence-corrected chi connectivity index (χ1v) is 8.41. The zero-order valence-corrected chi connectivity index (χ0v) is 13.4. The minimum Gasteiger partial charge on any atom is -0.381 e. The highest BCUT2D eigenvalue weighted by Gasteiger charge is 2.21. The molecular formula is C17H23ClN2O. The number of rotatable bonds is 8. The van der Waals surface area contributed by atoms with E-state index < -0.39 is 0 Å². The molecular weight excluding hydrogens is 284 g/mol. The normalized spacial score (nSPS) is 15.0. The van der Waals surface area contributed by atoms with E-state index in [2.05, 4.69) is 29.7 Å². The number of nitrogens with zero attached hydrogens (tertiary/aromatic N) is 2. The zero-order chi connectivity index (χ0) is 14.7. The number of aromatic nitrogens is 2. The van der Waals surface area contributed by atoms with Crippen molar-refractivity contribution in [1.29, 1.82) is 0 Å². The van der Waals surface area contributed by atoms with Crippen LogP contribution in [-0.2, 0) is 17.7 Å². The minimum absolute atomic E-state index is 0.612. The molecule has 0 atom stereocenters. The summed E-state index contributed by atoms with van der Waals surface area (Å²) >= 11 is 5.92. The predicted molar refractivity (Wildman–Crippen MR) is 87.1 cm³/mol. The SMILES string of the molecule is Cc1cccc2nc(CCCl)n(CCCOCC3CC3)c12. The van der Waals surface area contributed by atoms with Crippen LogP contribution in [0.15, 0.2) is 18.2 Å². The van der Waals surface area contributed by atoms with Gasteiger partial charge in [-0.25, -0.2) is 4.98 Å². The van der Waals surface area contributed by atoms with E-state index in [1.807, 2.05) is 0 Å². The Hall–Kier alpha value is -1.06. The van der Waals surface area contributed by atoms with Crippen LogP contribution in [-0.4, -0.2) is 28.6 Å². The molecule has 3 nitrogen and oxygen atoms in total. The van der Waals surface area contributed by atoms with E-state index in [4.69, 9.17) is 21.3 Å². The van der Waals surface area contributed by atoms with Gasteiger partial charge in [0, 0.05) is 32.1 Å². The summed E-state index contributed by atoms with van der Waals surface area (Å²) < 4.78 is 8.07. The number of imidazole rings is 1. The Morgan fingerprint density at radius 2 is 2.24 bits per heavy atom. The molecule has 1 saturated carbocycles. The number of para-hydroxylation sites is 1. The fraction of sp³-hybridized carbons (Fsp3) is 0.588. The van der Waals surface area contributed by atoms with Crippen molar-refractivity contribution in [2.45, 2.75) is 39.2 Å². The van der Waals surface area contributed by atoms with Gasteiger partial charge in [-0.1, -0.05) is 12.1 Å². The average Bonchev–Trinajstić information content (AvgIpc) is 3.22. The van der Waals surface area contributed by atoms with Crippen LogP contribution in [0.5, 0.6) is 0 Å². The number of halogens is 1. The molecule has 1 aromatic heterocycles. The van der Waals surface area contributed by atoms with Crippen molar-refractivity contribution in [3.8, 4) is 0 Å². The quantitative estimate of drug-likeness (QED) is 0.545. The molecule has 0 bridgehead atoms. The van der Waals surface area contributed by atoms with Gasteiger partial charge in [0.15, 0.2) is 0 Å². The van der Waals surface area contributed by atoms with Gasteiger partial charge in [-0.15, -0.1) is 11.6 Å². The van der Waals surface area contributed by atoms with Crippen LogP contribution < -0.4 is 0 Å². The minimum atomic E-state index is 0.612. The Morgan fingerprint density at radius 3 is 3.00 bits per heavy atom. The van der Waals surface area contributed by atoms with E-state index in [9.17, 15) is 0 Å². The lowest BCUT2D eigenvalue weighted by molar-refractivity contribution is 0.119. The Labute approximate surface area is 131 Å². The number of hydrogen-bond acceptors (Lipinski definition) is 2. The van der Waals surface area contributed by atoms with Crippen molar-refractivity contribution >= 4 is 22.6 Å². The third kappa shape index (κ3) is 3.58. The zero-order valence-electron chi connectivity index (χ0n) is 12.6. The van der Waals surface area contributed by atoms with Gasteiger partial charge in [0.1, 0.15) is 5.82 Å². The lowest BCUT2D eigenvalue weighted by Gasteiger charge is -2.10. The molecule has 1 heterocycles. The fourth-order valence-electron chi connectivity index (χ4n) is 2.79. The Balaban J connectivity index is 1.69. The molecule has 1 aliphatic rings. The lowest BCUT2D eigenvalue weighted by Crippen LogP contribution is -2.08. The summed E-state index contributed by atoms with van der Waals surface area (Å²) in [6, 6.07) is 6.30. The molecule has 0 amide bonds. The highest BCUT2D eigenvalue weighted by atomic mass is 35.5. The average molecular weight is 307 g/mol. The van der Waals surface area contributed by atoms with Gasteiger partial charge in [-0.2, -0.15) is 0 Å². The Bertz CT molecular complexity index is 604. The van der Waals surface area contributed by atoms with E-state index in [1.165, 1.54) is 23.9 Å². The van der Waals surface area contributed by atoms with Gasteiger partial charge < -0.3 is 9.30 Å². The van der Waals surface area contributed by atoms with E-state index in [1.54, 1.807) is 0 Å². The van der Waals surface area contributed by atoms with E-state index in [0.29, 0.717) is 5.88 Å². The molecule has 1 aromatic carbocycles. The third-order valence-corrected chi connectivity index (χ3v) is 4.28. The van der Waals surface area contributed by atoms with Gasteiger partial charge in [0.25, 0.3) is 0 Å². The molecule has 0 unspecified atom stereocenters. The number of benzene rings is 1. The summed E-state index contributed by atoms with van der Waals surface area (Å²) in [4.78, 5) is 4.74. The summed E-state index contributed by atoms with van der Waals surface area (Å²) in [5.74, 6) is 2.55. The topological polar surface area (TPSA) is 27.1 Å². The van der Waals surface area contributed by atoms with Gasteiger partial charge >= 0.3 is 0 Å². The van der Waals surface area contributed by atoms with Crippen LogP contribution in [0.3, 0.4) is 0 Å². The van der Waals surface area contributed by atoms with Crippen LogP contribution in [0.25, 0.3) is 11.0 Å². The van der Waals surface area contributed by atoms with Crippen molar-refractivity contribution in [2.75, 3.05) is 19.1 Å². The first-order chi connectivity index (χ1) is 10.3. The number of ether oxygens (including phenoxy) is 1. The van der Waals surface area contributed by atoms with Crippen LogP contribution in [0.2, 0.25) is 0 Å². The summed E-state index contributed by atoms with van der Waals surface area (Å²) in [5, 5.41) is 0. The number of fused-ring (bicyclic) bond motifs is 1. The number of aryl methyl sites for hydroxylation is 3. The van der Waals surface area contributed by atoms with Gasteiger partial charge in [0.2, 0.25) is 0 Å². The maximum Gasteiger partial charge on any atom is 0.111 e. The molecule has 1 fully saturated rings. The molecule has 0 N–H and O–H groups in total. The summed E-state index contributed by atoms with van der Waals surface area (Å²) in [6.07, 6.45) is 4.55. The van der Waals surface area contributed by atoms with Crippen molar-refractivity contribution < 1.29 is 4.74 Å². The van der Waals surface area contributed by atoms with Gasteiger partial charge in [-0.05, 0) is 43.7 Å². The molecule has 0 spiro atoms. The third-order valence-electron chi connectivity index (χ3n) is 4.09. The number of alkyl halides is 1. The van der Waals surface area contributed by atoms with Crippen molar-refractivity contribution in [2.24, 2.45) is 5.92 Å². The molecule has 0 aliphatic heterocycles. The van der Waals surface area contributed by atoms with Crippen molar-refractivity contribution in [3.63, 3.8) is 0 Å². The molecule has 0 saturated heterocycles. The van der Waals surface area contributed by atoms with E-state index >= 15 is 0 Å². The Kier molecular flexibility index (Phi) is 4.81. The molecule has 3 rings (SSSR count). The van der Waals surface area contributed by atoms with Crippen LogP contribution in [0.4, 0.5) is 0 Å². The lowest BCUT2D eigenvalue weighted by atomic mass is 10.2. The van der Waals surface area contributed by atoms with Gasteiger partial charge in [0.05, 0.1) is 11.0 Å². The monoisotopic (exact) mass is 306 g/mol. The maximum absolute atomic E-state index is 5.92. The van der Waals surface area contributed by atoms with Gasteiger partial charge in [-0.3, -0.25) is 0 Å². The fourth-order valence-corrected chi connectivity index (χ4v) is 2.96. The Morgan fingerprint density at radius 1 is 1.38 bits per heavy atom. The second-order valence-corrected chi connectivity index (χ2v) is 6.31. The summed E-state index contributed by atoms with van der Waals surface area (Å²) in [6.45, 7) is 4.88. The van der Waals surface area contributed by atoms with E-state index in [-0.39, 0.29) is 0 Å². The first-order valence-electron chi connectivity index (χ1n) is 7.88. The standard InChI is InChI=1S/C17H23ClN2O/c1-13-4-2-5-15-17(13)20(16(19-15)8-9-18)10-3-11-21-12-14-6-7-14/h2,4-5,14H,3,6-12H2,1H3. The summed E-state index contributed by atoms with van der Waals surface area (Å²) in [7, 11) is 0. The highest BCUT2D eigenvalue weighted by molar-refractivity contribution is 6.17. The highest BCUT2D eigenvalue weighted by Crippen LogP contribution is 2.28. The first kappa shape index (κ1) is 14.9. The van der Waals surface area contributed by atoms with Crippen LogP contribution in [0.1, 0.15) is 30.7 Å². The largest absolute Gasteiger partial charge is 0.381 e. The van der Waals surface area contributed by atoms with Crippen LogP contribution in [0, 0.1) is 12.8 Å². The second kappa shape index (κ2) is 6.80. The van der Waals surface area contributed by atoms with Crippen molar-refractivity contribution in [3.05, 3.63) is 29.6 Å². The predicted octanol–water partition coefficient (Wildman–Crippen LogP) is 3.94. The molecule has 2 aromatic rings. The molecule has 4 heteroatoms. The maximum atomic E-state index is 5.92. The van der Waals surface area contributed by atoms with E-state index in [0.717, 1.165) is 49.9 Å². The van der Waals surface area contributed by atoms with Crippen molar-refractivity contribution in [1.82, 2.24) is 9.55 Å². The van der Waals surface area contributed by atoms with Crippen LogP contribution >= 0.6 is 11.6 Å². The summed E-state index contributed by atoms with van der Waals surface area (Å²) in [5.41, 5.74) is 3.61. The smallest absolute Gasteiger partial charge is 0.111 e. The second-order valence-electron chi connectivity index (χ2n) is 5.93.